The third kappa shape index (κ3) is 7.78. The van der Waals surface area contributed by atoms with Gasteiger partial charge in [-0.2, -0.15) is 0 Å². The fourth-order valence-electron chi connectivity index (χ4n) is 3.44. The highest BCUT2D eigenvalue weighted by molar-refractivity contribution is 5.95. The van der Waals surface area contributed by atoms with Gasteiger partial charge in [-0.1, -0.05) is 50.2 Å². The van der Waals surface area contributed by atoms with Crippen molar-refractivity contribution in [1.82, 2.24) is 0 Å². The van der Waals surface area contributed by atoms with Gasteiger partial charge in [0.2, 0.25) is 0 Å². The molecule has 0 heterocycles. The van der Waals surface area contributed by atoms with E-state index >= 15 is 0 Å². The van der Waals surface area contributed by atoms with E-state index in [1.54, 1.807) is 19.2 Å². The quantitative estimate of drug-likeness (QED) is 0.186. The summed E-state index contributed by atoms with van der Waals surface area (Å²) < 4.78 is 17.0. The summed E-state index contributed by atoms with van der Waals surface area (Å²) >= 11 is 0. The van der Waals surface area contributed by atoms with Crippen LogP contribution >= 0.6 is 0 Å². The van der Waals surface area contributed by atoms with Crippen LogP contribution in [0.1, 0.15) is 43.0 Å². The topological polar surface area (TPSA) is 107 Å². The zero-order valence-corrected chi connectivity index (χ0v) is 20.4. The molecule has 0 aliphatic heterocycles. The first kappa shape index (κ1) is 25.6. The standard InChI is InChI=1S/C28H33N3O4/c1-19(2)17-35-27(32)16-24(31-23-12-9-21(10-13-23)28(29)30)22-11-14-25(26(15-22)33-3)34-18-20-7-5-4-6-8-20/h4-15,19,24,31H,16-18H2,1-3H3,(H3,29,30). The first-order valence-corrected chi connectivity index (χ1v) is 11.6. The predicted molar refractivity (Wildman–Crippen MR) is 138 cm³/mol. The number of carbonyl (C=O) groups is 1. The maximum absolute atomic E-state index is 12.6. The monoisotopic (exact) mass is 475 g/mol. The van der Waals surface area contributed by atoms with E-state index in [1.165, 1.54) is 0 Å². The molecule has 0 bridgehead atoms. The molecule has 0 spiro atoms. The summed E-state index contributed by atoms with van der Waals surface area (Å²) in [5.41, 5.74) is 8.89. The van der Waals surface area contributed by atoms with Crippen molar-refractivity contribution in [2.45, 2.75) is 32.9 Å². The summed E-state index contributed by atoms with van der Waals surface area (Å²) in [5.74, 6) is 1.16. The van der Waals surface area contributed by atoms with Crippen LogP contribution in [0.2, 0.25) is 0 Å². The summed E-state index contributed by atoms with van der Waals surface area (Å²) in [6.07, 6.45) is 0.133. The lowest BCUT2D eigenvalue weighted by Gasteiger charge is -2.22. The molecule has 0 aromatic heterocycles. The SMILES string of the molecule is COc1cc(C(CC(=O)OCC(C)C)Nc2ccc(C(=N)N)cc2)ccc1OCc1ccccc1. The molecule has 0 saturated heterocycles. The number of methoxy groups -OCH3 is 1. The molecule has 0 radical (unpaired) electrons. The van der Waals surface area contributed by atoms with Gasteiger partial charge in [0.05, 0.1) is 26.2 Å². The van der Waals surface area contributed by atoms with E-state index in [2.05, 4.69) is 5.32 Å². The van der Waals surface area contributed by atoms with Crippen LogP contribution in [0, 0.1) is 11.3 Å². The Balaban J connectivity index is 1.81. The average molecular weight is 476 g/mol. The van der Waals surface area contributed by atoms with E-state index in [1.807, 2.05) is 74.5 Å². The number of amidine groups is 1. The number of nitrogen functional groups attached to an aromatic ring is 1. The van der Waals surface area contributed by atoms with Gasteiger partial charge in [-0.25, -0.2) is 0 Å². The maximum Gasteiger partial charge on any atom is 0.308 e. The number of hydrogen-bond donors (Lipinski definition) is 3. The maximum atomic E-state index is 12.6. The van der Waals surface area contributed by atoms with Crippen LogP contribution in [-0.2, 0) is 16.1 Å². The molecule has 0 aliphatic rings. The summed E-state index contributed by atoms with van der Waals surface area (Å²) in [6, 6.07) is 22.4. The van der Waals surface area contributed by atoms with Gasteiger partial charge >= 0.3 is 5.97 Å². The fourth-order valence-corrected chi connectivity index (χ4v) is 3.44. The van der Waals surface area contributed by atoms with Crippen LogP contribution in [0.25, 0.3) is 0 Å². The van der Waals surface area contributed by atoms with Gasteiger partial charge in [-0.05, 0) is 53.4 Å². The second kappa shape index (κ2) is 12.5. The molecular formula is C28H33N3O4. The van der Waals surface area contributed by atoms with Crippen LogP contribution in [0.4, 0.5) is 5.69 Å². The minimum absolute atomic E-state index is 0.00110. The van der Waals surface area contributed by atoms with E-state index in [4.69, 9.17) is 25.4 Å². The summed E-state index contributed by atoms with van der Waals surface area (Å²) in [7, 11) is 1.59. The smallest absolute Gasteiger partial charge is 0.308 e. The number of esters is 1. The first-order valence-electron chi connectivity index (χ1n) is 11.6. The Morgan fingerprint density at radius 1 is 1.00 bits per heavy atom. The molecule has 0 amide bonds. The van der Waals surface area contributed by atoms with E-state index in [-0.39, 0.29) is 30.2 Å². The van der Waals surface area contributed by atoms with Crippen molar-refractivity contribution in [1.29, 1.82) is 5.41 Å². The Morgan fingerprint density at radius 2 is 1.71 bits per heavy atom. The first-order chi connectivity index (χ1) is 16.9. The Kier molecular flexibility index (Phi) is 9.12. The molecule has 7 nitrogen and oxygen atoms in total. The highest BCUT2D eigenvalue weighted by atomic mass is 16.5. The molecular weight excluding hydrogens is 442 g/mol. The van der Waals surface area contributed by atoms with E-state index < -0.39 is 0 Å². The molecule has 3 aromatic rings. The van der Waals surface area contributed by atoms with Gasteiger partial charge < -0.3 is 25.3 Å². The van der Waals surface area contributed by atoms with Crippen molar-refractivity contribution in [2.75, 3.05) is 19.0 Å². The van der Waals surface area contributed by atoms with Gasteiger partial charge in [0.25, 0.3) is 0 Å². The van der Waals surface area contributed by atoms with Crippen molar-refractivity contribution in [3.63, 3.8) is 0 Å². The van der Waals surface area contributed by atoms with E-state index in [0.717, 1.165) is 16.8 Å². The molecule has 4 N–H and O–H groups in total. The molecule has 3 aromatic carbocycles. The molecule has 1 unspecified atom stereocenters. The number of nitrogens with one attached hydrogen (secondary N) is 2. The van der Waals surface area contributed by atoms with Gasteiger partial charge in [0.15, 0.2) is 11.5 Å². The minimum atomic E-state index is -0.366. The third-order valence-electron chi connectivity index (χ3n) is 5.31. The molecule has 1 atom stereocenters. The molecule has 35 heavy (non-hydrogen) atoms. The van der Waals surface area contributed by atoms with Gasteiger partial charge in [-0.15, -0.1) is 0 Å². The minimum Gasteiger partial charge on any atom is -0.493 e. The number of nitrogens with two attached hydrogens (primary N) is 1. The lowest BCUT2D eigenvalue weighted by atomic mass is 10.0. The summed E-state index contributed by atoms with van der Waals surface area (Å²) in [5, 5.41) is 11.0. The van der Waals surface area contributed by atoms with Crippen molar-refractivity contribution in [2.24, 2.45) is 11.7 Å². The predicted octanol–water partition coefficient (Wildman–Crippen LogP) is 5.30. The molecule has 0 fully saturated rings. The van der Waals surface area contributed by atoms with E-state index in [0.29, 0.717) is 30.3 Å². The lowest BCUT2D eigenvalue weighted by molar-refractivity contribution is -0.145. The van der Waals surface area contributed by atoms with Gasteiger partial charge in [0, 0.05) is 11.3 Å². The van der Waals surface area contributed by atoms with Crippen LogP contribution in [-0.4, -0.2) is 25.5 Å². The van der Waals surface area contributed by atoms with Gasteiger partial charge in [0.1, 0.15) is 12.4 Å². The summed E-state index contributed by atoms with van der Waals surface area (Å²) in [6.45, 7) is 4.79. The summed E-state index contributed by atoms with van der Waals surface area (Å²) in [4.78, 5) is 12.6. The number of hydrogen-bond acceptors (Lipinski definition) is 6. The number of rotatable bonds is 12. The fraction of sp³-hybridized carbons (Fsp3) is 0.286. The second-order valence-corrected chi connectivity index (χ2v) is 8.65. The van der Waals surface area contributed by atoms with Crippen molar-refractivity contribution in [3.05, 3.63) is 89.5 Å². The third-order valence-corrected chi connectivity index (χ3v) is 5.31. The zero-order valence-electron chi connectivity index (χ0n) is 20.4. The molecule has 3 rings (SSSR count). The molecule has 0 saturated carbocycles. The highest BCUT2D eigenvalue weighted by Gasteiger charge is 2.20. The number of ether oxygens (including phenoxy) is 3. The second-order valence-electron chi connectivity index (χ2n) is 8.65. The van der Waals surface area contributed by atoms with Crippen molar-refractivity contribution in [3.8, 4) is 11.5 Å². The highest BCUT2D eigenvalue weighted by Crippen LogP contribution is 2.33. The molecule has 7 heteroatoms. The van der Waals surface area contributed by atoms with Crippen LogP contribution < -0.4 is 20.5 Å². The largest absolute Gasteiger partial charge is 0.493 e. The van der Waals surface area contributed by atoms with Crippen molar-refractivity contribution >= 4 is 17.5 Å². The van der Waals surface area contributed by atoms with Crippen LogP contribution in [0.3, 0.4) is 0 Å². The Hall–Kier alpha value is -4.00. The van der Waals surface area contributed by atoms with Crippen molar-refractivity contribution < 1.29 is 19.0 Å². The zero-order chi connectivity index (χ0) is 25.2. The molecule has 184 valence electrons. The normalized spacial score (nSPS) is 11.5. The average Bonchev–Trinajstić information content (AvgIpc) is 2.86. The van der Waals surface area contributed by atoms with Crippen LogP contribution in [0.5, 0.6) is 11.5 Å². The number of anilines is 1. The lowest BCUT2D eigenvalue weighted by Crippen LogP contribution is -2.19. The van der Waals surface area contributed by atoms with E-state index in [9.17, 15) is 4.79 Å². The number of carbonyl (C=O) groups excluding carboxylic acids is 1. The number of benzene rings is 3. The van der Waals surface area contributed by atoms with Crippen LogP contribution in [0.15, 0.2) is 72.8 Å². The Labute approximate surface area is 206 Å². The van der Waals surface area contributed by atoms with Gasteiger partial charge in [-0.3, -0.25) is 10.2 Å². The Bertz CT molecular complexity index is 1110. The molecule has 0 aliphatic carbocycles. The Morgan fingerprint density at radius 3 is 2.34 bits per heavy atom.